The van der Waals surface area contributed by atoms with Gasteiger partial charge >= 0.3 is 6.09 Å². The fourth-order valence-electron chi connectivity index (χ4n) is 4.73. The summed E-state index contributed by atoms with van der Waals surface area (Å²) in [7, 11) is 0. The van der Waals surface area contributed by atoms with Crippen molar-refractivity contribution in [3.63, 3.8) is 0 Å². The number of hydrogen-bond donors (Lipinski definition) is 2. The van der Waals surface area contributed by atoms with Gasteiger partial charge < -0.3 is 14.6 Å². The summed E-state index contributed by atoms with van der Waals surface area (Å²) in [5, 5.41) is 10.8. The highest BCUT2D eigenvalue weighted by Crippen LogP contribution is 2.45. The van der Waals surface area contributed by atoms with Gasteiger partial charge in [-0.15, -0.1) is 10.2 Å². The molecule has 10 heteroatoms. The van der Waals surface area contributed by atoms with Crippen LogP contribution in [0.4, 0.5) is 14.9 Å². The highest BCUT2D eigenvalue weighted by atomic mass is 35.5. The van der Waals surface area contributed by atoms with Gasteiger partial charge in [-0.25, -0.2) is 9.18 Å². The van der Waals surface area contributed by atoms with Crippen molar-refractivity contribution in [2.75, 3.05) is 18.4 Å². The maximum absolute atomic E-state index is 15.1. The summed E-state index contributed by atoms with van der Waals surface area (Å²) in [5.74, 6) is -0.450. The van der Waals surface area contributed by atoms with Gasteiger partial charge in [0.05, 0.1) is 22.8 Å². The molecule has 176 valence electrons. The van der Waals surface area contributed by atoms with Crippen LogP contribution in [0, 0.1) is 5.82 Å². The minimum atomic E-state index is -1.34. The van der Waals surface area contributed by atoms with Crippen LogP contribution in [-0.2, 0) is 15.8 Å². The molecule has 1 atom stereocenters. The van der Waals surface area contributed by atoms with Crippen LogP contribution in [0.25, 0.3) is 0 Å². The lowest BCUT2D eigenvalue weighted by Crippen LogP contribution is -2.53. The number of anilines is 1. The third-order valence-electron chi connectivity index (χ3n) is 6.59. The molecular formula is C24H23ClFN5O3. The lowest BCUT2D eigenvalue weighted by atomic mass is 9.83. The number of fused-ring (bicyclic) bond motifs is 2. The lowest BCUT2D eigenvalue weighted by Gasteiger charge is -2.44. The zero-order chi connectivity index (χ0) is 24.1. The molecule has 2 aliphatic rings. The average molecular weight is 484 g/mol. The first-order valence-corrected chi connectivity index (χ1v) is 11.4. The maximum Gasteiger partial charge on any atom is 0.412 e. The standard InChI is InChI=1S/C24H23ClFN5O3/c1-23(2,14-7-4-3-5-8-14)21-28-19(29-30-21)20(32)31-12-6-11-24(13-31)17-16(27-22(33)34-24)10-9-15(25)18(17)26/h3-5,7-10H,6,11-13H2,1-2H3,(H,27,33)(H,28,29,30)/t24-/m0/s1. The number of rotatable bonds is 3. The predicted octanol–water partition coefficient (Wildman–Crippen LogP) is 4.62. The second-order valence-electron chi connectivity index (χ2n) is 9.14. The second kappa shape index (κ2) is 8.09. The molecule has 8 nitrogen and oxygen atoms in total. The van der Waals surface area contributed by atoms with E-state index in [4.69, 9.17) is 16.3 Å². The number of benzene rings is 2. The highest BCUT2D eigenvalue weighted by Gasteiger charge is 2.49. The summed E-state index contributed by atoms with van der Waals surface area (Å²) < 4.78 is 20.7. The number of aromatic nitrogens is 3. The van der Waals surface area contributed by atoms with E-state index in [-0.39, 0.29) is 23.0 Å². The fourth-order valence-corrected chi connectivity index (χ4v) is 4.89. The zero-order valence-electron chi connectivity index (χ0n) is 18.7. The van der Waals surface area contributed by atoms with Crippen LogP contribution in [0.2, 0.25) is 5.02 Å². The van der Waals surface area contributed by atoms with Crippen LogP contribution < -0.4 is 5.32 Å². The predicted molar refractivity (Wildman–Crippen MR) is 123 cm³/mol. The zero-order valence-corrected chi connectivity index (χ0v) is 19.4. The first kappa shape index (κ1) is 22.3. The molecule has 3 heterocycles. The van der Waals surface area contributed by atoms with E-state index >= 15 is 4.39 Å². The SMILES string of the molecule is CC(C)(c1ccccc1)c1nnc(C(=O)N2CCC[C@@]3(C2)OC(=O)Nc2ccc(Cl)c(F)c23)[nH]1. The number of nitrogens with one attached hydrogen (secondary N) is 2. The molecule has 1 saturated heterocycles. The number of likely N-dealkylation sites (tertiary alicyclic amines) is 1. The first-order chi connectivity index (χ1) is 16.2. The van der Waals surface area contributed by atoms with E-state index in [1.54, 1.807) is 0 Å². The molecule has 0 saturated carbocycles. The number of carbonyl (C=O) groups excluding carboxylic acids is 2. The van der Waals surface area contributed by atoms with Gasteiger partial charge in [0.25, 0.3) is 5.91 Å². The van der Waals surface area contributed by atoms with Crippen molar-refractivity contribution in [1.82, 2.24) is 20.1 Å². The Morgan fingerprint density at radius 1 is 1.21 bits per heavy atom. The number of H-pyrrole nitrogens is 1. The Balaban J connectivity index is 1.45. The van der Waals surface area contributed by atoms with Crippen LogP contribution in [0.1, 0.15) is 54.3 Å². The van der Waals surface area contributed by atoms with Gasteiger partial charge in [0.2, 0.25) is 5.82 Å². The van der Waals surface area contributed by atoms with Crippen molar-refractivity contribution in [1.29, 1.82) is 0 Å². The van der Waals surface area contributed by atoms with Crippen molar-refractivity contribution < 1.29 is 18.7 Å². The Labute approximate surface area is 200 Å². The Kier molecular flexibility index (Phi) is 5.31. The summed E-state index contributed by atoms with van der Waals surface area (Å²) in [5.41, 5.74) is -0.376. The van der Waals surface area contributed by atoms with E-state index in [1.165, 1.54) is 17.0 Å². The molecule has 1 fully saturated rings. The molecule has 34 heavy (non-hydrogen) atoms. The molecule has 2 N–H and O–H groups in total. The van der Waals surface area contributed by atoms with Crippen molar-refractivity contribution in [2.45, 2.75) is 37.7 Å². The number of nitrogens with zero attached hydrogens (tertiary/aromatic N) is 3. The number of amides is 2. The number of aromatic amines is 1. The normalized spacial score (nSPS) is 20.0. The molecule has 2 aliphatic heterocycles. The average Bonchev–Trinajstić information content (AvgIpc) is 3.32. The van der Waals surface area contributed by atoms with Crippen molar-refractivity contribution in [3.8, 4) is 0 Å². The molecule has 0 aliphatic carbocycles. The van der Waals surface area contributed by atoms with Crippen LogP contribution in [0.3, 0.4) is 0 Å². The Morgan fingerprint density at radius 2 is 1.97 bits per heavy atom. The minimum absolute atomic E-state index is 0.0262. The van der Waals surface area contributed by atoms with E-state index < -0.39 is 28.8 Å². The maximum atomic E-state index is 15.1. The van der Waals surface area contributed by atoms with Gasteiger partial charge in [-0.05, 0) is 44.4 Å². The van der Waals surface area contributed by atoms with Crippen LogP contribution in [0.15, 0.2) is 42.5 Å². The Bertz CT molecular complexity index is 1280. The number of hydrogen-bond acceptors (Lipinski definition) is 5. The van der Waals surface area contributed by atoms with Gasteiger partial charge in [0, 0.05) is 12.0 Å². The van der Waals surface area contributed by atoms with Gasteiger partial charge in [-0.2, -0.15) is 0 Å². The van der Waals surface area contributed by atoms with E-state index in [0.29, 0.717) is 30.9 Å². The monoisotopic (exact) mass is 483 g/mol. The first-order valence-electron chi connectivity index (χ1n) is 11.0. The summed E-state index contributed by atoms with van der Waals surface area (Å²) in [4.78, 5) is 30.2. The van der Waals surface area contributed by atoms with Crippen LogP contribution >= 0.6 is 11.6 Å². The van der Waals surface area contributed by atoms with Crippen molar-refractivity contribution in [3.05, 3.63) is 76.1 Å². The van der Waals surface area contributed by atoms with Crippen LogP contribution in [-0.4, -0.2) is 45.2 Å². The number of halogens is 2. The lowest BCUT2D eigenvalue weighted by molar-refractivity contribution is -0.0420. The van der Waals surface area contributed by atoms with Crippen molar-refractivity contribution >= 4 is 29.3 Å². The second-order valence-corrected chi connectivity index (χ2v) is 9.54. The third-order valence-corrected chi connectivity index (χ3v) is 6.89. The fraction of sp³-hybridized carbons (Fsp3) is 0.333. The minimum Gasteiger partial charge on any atom is -0.436 e. The quantitative estimate of drug-likeness (QED) is 0.566. The van der Waals surface area contributed by atoms with Crippen molar-refractivity contribution in [2.24, 2.45) is 0 Å². The third kappa shape index (κ3) is 3.60. The topological polar surface area (TPSA) is 100 Å². The Morgan fingerprint density at radius 3 is 2.74 bits per heavy atom. The van der Waals surface area contributed by atoms with Gasteiger partial charge in [-0.3, -0.25) is 10.1 Å². The number of piperidine rings is 1. The molecule has 2 amide bonds. The summed E-state index contributed by atoms with van der Waals surface area (Å²) in [6.07, 6.45) is 0.160. The molecule has 0 bridgehead atoms. The molecule has 1 aromatic heterocycles. The Hall–Kier alpha value is -3.46. The van der Waals surface area contributed by atoms with Crippen LogP contribution in [0.5, 0.6) is 0 Å². The molecule has 1 spiro atoms. The molecule has 0 unspecified atom stereocenters. The molecule has 3 aromatic rings. The van der Waals surface area contributed by atoms with E-state index in [2.05, 4.69) is 20.5 Å². The molecule has 0 radical (unpaired) electrons. The molecule has 2 aromatic carbocycles. The summed E-state index contributed by atoms with van der Waals surface area (Å²) >= 11 is 6.03. The summed E-state index contributed by atoms with van der Waals surface area (Å²) in [6, 6.07) is 12.7. The molecular weight excluding hydrogens is 461 g/mol. The van der Waals surface area contributed by atoms with Gasteiger partial charge in [0.15, 0.2) is 11.4 Å². The van der Waals surface area contributed by atoms with Gasteiger partial charge in [-0.1, -0.05) is 41.9 Å². The van der Waals surface area contributed by atoms with E-state index in [9.17, 15) is 9.59 Å². The van der Waals surface area contributed by atoms with Gasteiger partial charge in [0.1, 0.15) is 5.82 Å². The summed E-state index contributed by atoms with van der Waals surface area (Å²) in [6.45, 7) is 4.36. The number of ether oxygens (including phenoxy) is 1. The van der Waals surface area contributed by atoms with E-state index in [0.717, 1.165) is 5.56 Å². The molecule has 5 rings (SSSR count). The largest absolute Gasteiger partial charge is 0.436 e. The number of carbonyl (C=O) groups is 2. The van der Waals surface area contributed by atoms with E-state index in [1.807, 2.05) is 44.2 Å². The smallest absolute Gasteiger partial charge is 0.412 e. The highest BCUT2D eigenvalue weighted by molar-refractivity contribution is 6.31.